The molecule has 2 atom stereocenters. The van der Waals surface area contributed by atoms with E-state index >= 15 is 0 Å². The van der Waals surface area contributed by atoms with Crippen LogP contribution in [0.3, 0.4) is 0 Å². The van der Waals surface area contributed by atoms with Gasteiger partial charge in [-0.25, -0.2) is 9.67 Å². The number of aryl methyl sites for hydroxylation is 1. The zero-order valence-electron chi connectivity index (χ0n) is 24.4. The van der Waals surface area contributed by atoms with Crippen molar-refractivity contribution in [2.45, 2.75) is 44.4 Å². The number of carbonyl (C=O) groups excluding carboxylic acids is 1. The van der Waals surface area contributed by atoms with Gasteiger partial charge in [0, 0.05) is 42.4 Å². The minimum Gasteiger partial charge on any atom is -0.480 e. The van der Waals surface area contributed by atoms with E-state index in [2.05, 4.69) is 25.7 Å². The quantitative estimate of drug-likeness (QED) is 0.234. The molecule has 1 amide bonds. The van der Waals surface area contributed by atoms with Crippen LogP contribution in [0.1, 0.15) is 41.7 Å². The number of methoxy groups -OCH3 is 2. The molecule has 44 heavy (non-hydrogen) atoms. The maximum Gasteiger partial charge on any atom is 0.279 e. The summed E-state index contributed by atoms with van der Waals surface area (Å²) in [5.41, 5.74) is 2.43. The van der Waals surface area contributed by atoms with Gasteiger partial charge in [-0.15, -0.1) is 5.10 Å². The molecule has 5 rings (SSSR count). The molecule has 0 saturated heterocycles. The SMILES string of the molecule is COc1cc(C(=O)Nc2cccc(-c3cccc(-c4cnc(CN[C@@H]5CCCC[C@@H]5O)c(OC)n4)c3Cl)c2Cl)c(=O)n(C)n1. The Labute approximate surface area is 264 Å². The van der Waals surface area contributed by atoms with Gasteiger partial charge in [-0.3, -0.25) is 14.6 Å². The molecule has 2 heterocycles. The number of carbonyl (C=O) groups is 1. The lowest BCUT2D eigenvalue weighted by atomic mass is 9.92. The third-order valence-corrected chi connectivity index (χ3v) is 8.39. The number of rotatable bonds is 9. The molecular weight excluding hydrogens is 607 g/mol. The summed E-state index contributed by atoms with van der Waals surface area (Å²) in [5, 5.41) is 20.9. The Bertz CT molecular complexity index is 1750. The van der Waals surface area contributed by atoms with Crippen molar-refractivity contribution in [3.8, 4) is 34.1 Å². The minimum absolute atomic E-state index is 0.00393. The molecule has 13 heteroatoms. The average molecular weight is 640 g/mol. The number of hydrogen-bond acceptors (Lipinski definition) is 9. The van der Waals surface area contributed by atoms with Crippen LogP contribution in [-0.4, -0.2) is 57.1 Å². The highest BCUT2D eigenvalue weighted by molar-refractivity contribution is 6.39. The van der Waals surface area contributed by atoms with E-state index in [0.717, 1.165) is 30.4 Å². The molecule has 11 nitrogen and oxygen atoms in total. The van der Waals surface area contributed by atoms with E-state index in [1.807, 2.05) is 12.1 Å². The van der Waals surface area contributed by atoms with Crippen molar-refractivity contribution >= 4 is 34.8 Å². The number of anilines is 1. The van der Waals surface area contributed by atoms with Crippen LogP contribution in [0.2, 0.25) is 10.0 Å². The molecule has 3 N–H and O–H groups in total. The first-order valence-electron chi connectivity index (χ1n) is 14.0. The summed E-state index contributed by atoms with van der Waals surface area (Å²) >= 11 is 13.7. The molecule has 1 aliphatic carbocycles. The molecule has 230 valence electrons. The number of nitrogens with zero attached hydrogens (tertiary/aromatic N) is 4. The lowest BCUT2D eigenvalue weighted by Gasteiger charge is -2.28. The number of ether oxygens (including phenoxy) is 2. The van der Waals surface area contributed by atoms with Crippen molar-refractivity contribution < 1.29 is 19.4 Å². The van der Waals surface area contributed by atoms with Gasteiger partial charge in [0.25, 0.3) is 11.5 Å². The van der Waals surface area contributed by atoms with Gasteiger partial charge in [0.15, 0.2) is 0 Å². The Morgan fingerprint density at radius 1 is 1.05 bits per heavy atom. The standard InChI is InChI=1S/C31H32Cl2N6O5/c1-39-31(42)20(14-26(38-39)43-2)29(41)36-22-12-7-9-18(28(22)33)17-8-6-10-19(27(17)32)23-15-35-24(30(37-23)44-3)16-34-21-11-4-5-13-25(21)40/h6-10,12,14-15,21,25,34,40H,4-5,11,13,16H2,1-3H3,(H,36,41)/t21-,25+/m1/s1. The van der Waals surface area contributed by atoms with Crippen molar-refractivity contribution in [3.05, 3.63) is 80.3 Å². The molecule has 0 spiro atoms. The Morgan fingerprint density at radius 2 is 1.75 bits per heavy atom. The molecule has 1 aliphatic rings. The van der Waals surface area contributed by atoms with E-state index in [9.17, 15) is 14.7 Å². The van der Waals surface area contributed by atoms with Gasteiger partial charge < -0.3 is 25.2 Å². The van der Waals surface area contributed by atoms with Crippen LogP contribution in [-0.2, 0) is 13.6 Å². The van der Waals surface area contributed by atoms with E-state index in [4.69, 9.17) is 32.7 Å². The van der Waals surface area contributed by atoms with Crippen LogP contribution in [0.15, 0.2) is 53.5 Å². The van der Waals surface area contributed by atoms with E-state index in [1.165, 1.54) is 27.3 Å². The molecule has 1 fully saturated rings. The van der Waals surface area contributed by atoms with Crippen molar-refractivity contribution in [3.63, 3.8) is 0 Å². The Balaban J connectivity index is 1.41. The number of hydrogen-bond donors (Lipinski definition) is 3. The summed E-state index contributed by atoms with van der Waals surface area (Å²) in [7, 11) is 4.35. The number of aliphatic hydroxyl groups is 1. The number of amides is 1. The summed E-state index contributed by atoms with van der Waals surface area (Å²) in [6.07, 6.45) is 5.04. The van der Waals surface area contributed by atoms with Crippen LogP contribution in [0.5, 0.6) is 11.8 Å². The lowest BCUT2D eigenvalue weighted by molar-refractivity contribution is 0.0899. The third kappa shape index (κ3) is 6.56. The summed E-state index contributed by atoms with van der Waals surface area (Å²) < 4.78 is 11.7. The molecule has 2 aromatic heterocycles. The van der Waals surface area contributed by atoms with E-state index in [-0.39, 0.29) is 34.3 Å². The molecule has 0 aliphatic heterocycles. The maximum absolute atomic E-state index is 13.1. The minimum atomic E-state index is -0.667. The average Bonchev–Trinajstić information content (AvgIpc) is 3.03. The molecule has 0 unspecified atom stereocenters. The maximum atomic E-state index is 13.1. The van der Waals surface area contributed by atoms with Gasteiger partial charge in [0.1, 0.15) is 11.3 Å². The largest absolute Gasteiger partial charge is 0.480 e. The first kappa shape index (κ1) is 31.4. The van der Waals surface area contributed by atoms with Crippen LogP contribution < -0.4 is 25.7 Å². The molecule has 0 bridgehead atoms. The first-order valence-corrected chi connectivity index (χ1v) is 14.8. The van der Waals surface area contributed by atoms with Crippen molar-refractivity contribution in [2.24, 2.45) is 7.05 Å². The van der Waals surface area contributed by atoms with Gasteiger partial charge in [0.05, 0.1) is 47.9 Å². The third-order valence-electron chi connectivity index (χ3n) is 7.57. The predicted octanol–water partition coefficient (Wildman–Crippen LogP) is 4.87. The van der Waals surface area contributed by atoms with Gasteiger partial charge in [-0.2, -0.15) is 0 Å². The molecular formula is C31H32Cl2N6O5. The number of nitrogens with one attached hydrogen (secondary N) is 2. The van der Waals surface area contributed by atoms with E-state index in [1.54, 1.807) is 30.5 Å². The Hall–Kier alpha value is -4.03. The topological polar surface area (TPSA) is 140 Å². The van der Waals surface area contributed by atoms with Gasteiger partial charge >= 0.3 is 0 Å². The van der Waals surface area contributed by atoms with Gasteiger partial charge in [-0.05, 0) is 18.9 Å². The highest BCUT2D eigenvalue weighted by atomic mass is 35.5. The highest BCUT2D eigenvalue weighted by Crippen LogP contribution is 2.41. The smallest absolute Gasteiger partial charge is 0.279 e. The second-order valence-electron chi connectivity index (χ2n) is 10.4. The zero-order chi connectivity index (χ0) is 31.4. The van der Waals surface area contributed by atoms with Crippen LogP contribution >= 0.6 is 23.2 Å². The highest BCUT2D eigenvalue weighted by Gasteiger charge is 2.24. The summed E-state index contributed by atoms with van der Waals surface area (Å²) in [6.45, 7) is 0.401. The van der Waals surface area contributed by atoms with E-state index in [0.29, 0.717) is 45.5 Å². The second kappa shape index (κ2) is 13.7. The van der Waals surface area contributed by atoms with Crippen molar-refractivity contribution in [1.29, 1.82) is 0 Å². The van der Waals surface area contributed by atoms with Crippen LogP contribution in [0, 0.1) is 0 Å². The van der Waals surface area contributed by atoms with Gasteiger partial charge in [-0.1, -0.05) is 66.4 Å². The Morgan fingerprint density at radius 3 is 2.48 bits per heavy atom. The first-order chi connectivity index (χ1) is 21.2. The molecule has 0 radical (unpaired) electrons. The van der Waals surface area contributed by atoms with Crippen LogP contribution in [0.25, 0.3) is 22.4 Å². The molecule has 1 saturated carbocycles. The number of aromatic nitrogens is 4. The summed E-state index contributed by atoms with van der Waals surface area (Å²) in [6, 6.07) is 11.8. The Kier molecular flexibility index (Phi) is 9.80. The number of benzene rings is 2. The predicted molar refractivity (Wildman–Crippen MR) is 169 cm³/mol. The summed E-state index contributed by atoms with van der Waals surface area (Å²) in [4.78, 5) is 34.9. The van der Waals surface area contributed by atoms with Crippen LogP contribution in [0.4, 0.5) is 5.69 Å². The monoisotopic (exact) mass is 638 g/mol. The normalized spacial score (nSPS) is 16.4. The van der Waals surface area contributed by atoms with E-state index < -0.39 is 11.5 Å². The zero-order valence-corrected chi connectivity index (χ0v) is 25.9. The van der Waals surface area contributed by atoms with Gasteiger partial charge in [0.2, 0.25) is 11.8 Å². The fourth-order valence-corrected chi connectivity index (χ4v) is 5.80. The fourth-order valence-electron chi connectivity index (χ4n) is 5.20. The second-order valence-corrected chi connectivity index (χ2v) is 11.1. The lowest BCUT2D eigenvalue weighted by Crippen LogP contribution is -2.41. The fraction of sp³-hybridized carbons (Fsp3) is 0.323. The molecule has 2 aromatic carbocycles. The molecule has 4 aromatic rings. The van der Waals surface area contributed by atoms with Crippen molar-refractivity contribution in [1.82, 2.24) is 25.1 Å². The summed E-state index contributed by atoms with van der Waals surface area (Å²) in [5.74, 6) is -0.198. The number of aliphatic hydroxyl groups excluding tert-OH is 1. The van der Waals surface area contributed by atoms with Crippen molar-refractivity contribution in [2.75, 3.05) is 19.5 Å². The number of halogens is 2.